The van der Waals surface area contributed by atoms with Crippen LogP contribution < -0.4 is 0 Å². The van der Waals surface area contributed by atoms with E-state index in [1.54, 1.807) is 6.26 Å². The smallest absolute Gasteiger partial charge is 0.107 e. The lowest BCUT2D eigenvalue weighted by atomic mass is 10.2. The van der Waals surface area contributed by atoms with E-state index in [1.807, 2.05) is 19.1 Å². The minimum atomic E-state index is -0.190. The van der Waals surface area contributed by atoms with Gasteiger partial charge in [-0.2, -0.15) is 0 Å². The molecule has 1 aromatic rings. The molecule has 2 heteroatoms. The molecule has 1 aromatic heterocycles. The Morgan fingerprint density at radius 1 is 1.73 bits per heavy atom. The molecule has 0 radical (unpaired) electrons. The van der Waals surface area contributed by atoms with Gasteiger partial charge in [0, 0.05) is 5.92 Å². The Bertz CT molecular complexity index is 226. The molecule has 0 aliphatic heterocycles. The van der Waals surface area contributed by atoms with Crippen molar-refractivity contribution in [3.8, 4) is 0 Å². The molecule has 2 nitrogen and oxygen atoms in total. The van der Waals surface area contributed by atoms with Crippen LogP contribution in [0.3, 0.4) is 0 Å². The van der Waals surface area contributed by atoms with Crippen molar-refractivity contribution < 1.29 is 9.52 Å². The quantitative estimate of drug-likeness (QED) is 0.700. The van der Waals surface area contributed by atoms with E-state index in [4.69, 9.17) is 4.42 Å². The van der Waals surface area contributed by atoms with Crippen LogP contribution in [0, 0.1) is 5.92 Å². The highest BCUT2D eigenvalue weighted by molar-refractivity contribution is 5.15. The fourth-order valence-corrected chi connectivity index (χ4v) is 1.58. The zero-order valence-electron chi connectivity index (χ0n) is 6.53. The Labute approximate surface area is 65.8 Å². The number of aliphatic hydroxyl groups excluding tert-OH is 1. The molecule has 1 aliphatic rings. The molecule has 1 aliphatic carbocycles. The summed E-state index contributed by atoms with van der Waals surface area (Å²) < 4.78 is 5.23. The first-order valence-corrected chi connectivity index (χ1v) is 4.00. The summed E-state index contributed by atoms with van der Waals surface area (Å²) in [6.07, 6.45) is 2.57. The van der Waals surface area contributed by atoms with Crippen LogP contribution in [0.1, 0.15) is 25.0 Å². The van der Waals surface area contributed by atoms with Crippen molar-refractivity contribution in [3.05, 3.63) is 24.2 Å². The van der Waals surface area contributed by atoms with E-state index in [9.17, 15) is 5.11 Å². The molecule has 0 amide bonds. The predicted molar refractivity (Wildman–Crippen MR) is 41.2 cm³/mol. The van der Waals surface area contributed by atoms with Crippen LogP contribution in [0.15, 0.2) is 22.8 Å². The molecular formula is C9H12O2. The molecule has 0 unspecified atom stereocenters. The van der Waals surface area contributed by atoms with Crippen molar-refractivity contribution in [1.29, 1.82) is 0 Å². The maximum Gasteiger partial charge on any atom is 0.107 e. The summed E-state index contributed by atoms with van der Waals surface area (Å²) in [6.45, 7) is 1.84. The topological polar surface area (TPSA) is 33.4 Å². The standard InChI is InChI=1S/C9H12O2/c1-6(10)7-5-8(7)9-3-2-4-11-9/h2-4,6-8,10H,5H2,1H3/t6-,7-,8+/m1/s1. The number of hydrogen-bond donors (Lipinski definition) is 1. The molecule has 3 atom stereocenters. The predicted octanol–water partition coefficient (Wildman–Crippen LogP) is 1.76. The molecule has 1 N–H and O–H groups in total. The summed E-state index contributed by atoms with van der Waals surface area (Å²) in [5.74, 6) is 1.93. The Balaban J connectivity index is 2.02. The fraction of sp³-hybridized carbons (Fsp3) is 0.556. The van der Waals surface area contributed by atoms with Crippen molar-refractivity contribution in [2.24, 2.45) is 5.92 Å². The third-order valence-electron chi connectivity index (χ3n) is 2.37. The number of hydrogen-bond acceptors (Lipinski definition) is 2. The van der Waals surface area contributed by atoms with E-state index in [0.29, 0.717) is 11.8 Å². The third-order valence-corrected chi connectivity index (χ3v) is 2.37. The van der Waals surface area contributed by atoms with Crippen LogP contribution in [-0.4, -0.2) is 11.2 Å². The Hall–Kier alpha value is -0.760. The van der Waals surface area contributed by atoms with Gasteiger partial charge in [0.25, 0.3) is 0 Å². The number of furan rings is 1. The summed E-state index contributed by atoms with van der Waals surface area (Å²) in [5, 5.41) is 9.22. The largest absolute Gasteiger partial charge is 0.469 e. The van der Waals surface area contributed by atoms with E-state index >= 15 is 0 Å². The van der Waals surface area contributed by atoms with Crippen LogP contribution in [0.4, 0.5) is 0 Å². The molecule has 2 rings (SSSR count). The van der Waals surface area contributed by atoms with Gasteiger partial charge in [-0.1, -0.05) is 0 Å². The first-order chi connectivity index (χ1) is 5.29. The van der Waals surface area contributed by atoms with Crippen molar-refractivity contribution in [2.45, 2.75) is 25.4 Å². The van der Waals surface area contributed by atoms with Crippen molar-refractivity contribution in [1.82, 2.24) is 0 Å². The van der Waals surface area contributed by atoms with Crippen LogP contribution in [0.2, 0.25) is 0 Å². The molecule has 0 saturated heterocycles. The highest BCUT2D eigenvalue weighted by Crippen LogP contribution is 2.49. The van der Waals surface area contributed by atoms with Gasteiger partial charge >= 0.3 is 0 Å². The SMILES string of the molecule is C[C@@H](O)[C@H]1C[C@@H]1c1ccco1. The second kappa shape index (κ2) is 2.38. The summed E-state index contributed by atoms with van der Waals surface area (Å²) in [5.41, 5.74) is 0. The van der Waals surface area contributed by atoms with Crippen molar-refractivity contribution >= 4 is 0 Å². The van der Waals surface area contributed by atoms with Gasteiger partial charge in [-0.15, -0.1) is 0 Å². The number of aliphatic hydroxyl groups is 1. The molecule has 1 saturated carbocycles. The van der Waals surface area contributed by atoms with Crippen LogP contribution in [-0.2, 0) is 0 Å². The lowest BCUT2D eigenvalue weighted by molar-refractivity contribution is 0.167. The van der Waals surface area contributed by atoms with Gasteiger partial charge in [-0.3, -0.25) is 0 Å². The molecule has 0 bridgehead atoms. The Morgan fingerprint density at radius 2 is 2.55 bits per heavy atom. The highest BCUT2D eigenvalue weighted by atomic mass is 16.3. The zero-order valence-corrected chi connectivity index (χ0v) is 6.53. The summed E-state index contributed by atoms with van der Waals surface area (Å²) in [7, 11) is 0. The van der Waals surface area contributed by atoms with Gasteiger partial charge < -0.3 is 9.52 Å². The summed E-state index contributed by atoms with van der Waals surface area (Å²) in [4.78, 5) is 0. The molecule has 11 heavy (non-hydrogen) atoms. The van der Waals surface area contributed by atoms with Crippen molar-refractivity contribution in [3.63, 3.8) is 0 Å². The van der Waals surface area contributed by atoms with E-state index in [1.165, 1.54) is 0 Å². The van der Waals surface area contributed by atoms with Gasteiger partial charge in [0.05, 0.1) is 12.4 Å². The molecular weight excluding hydrogens is 140 g/mol. The third kappa shape index (κ3) is 1.18. The van der Waals surface area contributed by atoms with E-state index in [2.05, 4.69) is 0 Å². The minimum absolute atomic E-state index is 0.190. The second-order valence-corrected chi connectivity index (χ2v) is 3.26. The Morgan fingerprint density at radius 3 is 3.00 bits per heavy atom. The molecule has 1 fully saturated rings. The average Bonchev–Trinajstić information content (AvgIpc) is 2.60. The van der Waals surface area contributed by atoms with Gasteiger partial charge in [0.1, 0.15) is 5.76 Å². The van der Waals surface area contributed by atoms with E-state index < -0.39 is 0 Å². The van der Waals surface area contributed by atoms with Crippen LogP contribution in [0.25, 0.3) is 0 Å². The average molecular weight is 152 g/mol. The van der Waals surface area contributed by atoms with Crippen LogP contribution >= 0.6 is 0 Å². The molecule has 0 spiro atoms. The highest BCUT2D eigenvalue weighted by Gasteiger charge is 2.43. The van der Waals surface area contributed by atoms with Gasteiger partial charge in [-0.25, -0.2) is 0 Å². The van der Waals surface area contributed by atoms with Gasteiger partial charge in [-0.05, 0) is 31.4 Å². The maximum absolute atomic E-state index is 9.22. The lowest BCUT2D eigenvalue weighted by Gasteiger charge is -1.99. The second-order valence-electron chi connectivity index (χ2n) is 3.26. The molecule has 0 aromatic carbocycles. The minimum Gasteiger partial charge on any atom is -0.469 e. The van der Waals surface area contributed by atoms with Gasteiger partial charge in [0.2, 0.25) is 0 Å². The summed E-state index contributed by atoms with van der Waals surface area (Å²) >= 11 is 0. The van der Waals surface area contributed by atoms with Crippen molar-refractivity contribution in [2.75, 3.05) is 0 Å². The van der Waals surface area contributed by atoms with Gasteiger partial charge in [0.15, 0.2) is 0 Å². The Kier molecular flexibility index (Phi) is 1.50. The number of rotatable bonds is 2. The molecule has 1 heterocycles. The summed E-state index contributed by atoms with van der Waals surface area (Å²) in [6, 6.07) is 3.87. The monoisotopic (exact) mass is 152 g/mol. The van der Waals surface area contributed by atoms with E-state index in [0.717, 1.165) is 12.2 Å². The first kappa shape index (κ1) is 6.92. The fourth-order valence-electron chi connectivity index (χ4n) is 1.58. The first-order valence-electron chi connectivity index (χ1n) is 4.00. The van der Waals surface area contributed by atoms with Crippen LogP contribution in [0.5, 0.6) is 0 Å². The molecule has 60 valence electrons. The van der Waals surface area contributed by atoms with E-state index in [-0.39, 0.29) is 6.10 Å². The lowest BCUT2D eigenvalue weighted by Crippen LogP contribution is -2.02. The maximum atomic E-state index is 9.22. The normalized spacial score (nSPS) is 31.8. The zero-order chi connectivity index (χ0) is 7.84.